The van der Waals surface area contributed by atoms with Crippen LogP contribution in [-0.2, 0) is 0 Å². The van der Waals surface area contributed by atoms with Crippen LogP contribution >= 0.6 is 0 Å². The van der Waals surface area contributed by atoms with E-state index in [1.165, 1.54) is 25.7 Å². The number of nitrogens with zero attached hydrogens (tertiary/aromatic N) is 2. The molecule has 3 heteroatoms. The van der Waals surface area contributed by atoms with E-state index in [9.17, 15) is 0 Å². The van der Waals surface area contributed by atoms with Crippen LogP contribution in [0.4, 0.5) is 0 Å². The number of hydrogen-bond acceptors (Lipinski definition) is 3. The highest BCUT2D eigenvalue weighted by Crippen LogP contribution is 2.34. The van der Waals surface area contributed by atoms with Crippen molar-refractivity contribution in [2.75, 3.05) is 6.54 Å². The molecule has 0 radical (unpaired) electrons. The fourth-order valence-corrected chi connectivity index (χ4v) is 2.51. The van der Waals surface area contributed by atoms with Gasteiger partial charge in [-0.05, 0) is 31.4 Å². The highest BCUT2D eigenvalue weighted by Gasteiger charge is 2.26. The van der Waals surface area contributed by atoms with Crippen LogP contribution in [-0.4, -0.2) is 16.5 Å². The van der Waals surface area contributed by atoms with Crippen molar-refractivity contribution < 1.29 is 0 Å². The first-order chi connectivity index (χ1) is 7.42. The van der Waals surface area contributed by atoms with E-state index in [4.69, 9.17) is 0 Å². The van der Waals surface area contributed by atoms with Gasteiger partial charge in [-0.25, -0.2) is 9.97 Å². The molecule has 0 aliphatic heterocycles. The first-order valence-corrected chi connectivity index (χ1v) is 5.91. The highest BCUT2D eigenvalue weighted by atomic mass is 15.0. The van der Waals surface area contributed by atoms with Gasteiger partial charge in [0, 0.05) is 6.20 Å². The second kappa shape index (κ2) is 5.21. The third-order valence-electron chi connectivity index (χ3n) is 3.22. The molecule has 1 aromatic rings. The maximum atomic E-state index is 4.37. The third kappa shape index (κ3) is 2.53. The van der Waals surface area contributed by atoms with E-state index in [0.29, 0.717) is 6.04 Å². The average Bonchev–Trinajstić information content (AvgIpc) is 2.80. The van der Waals surface area contributed by atoms with Gasteiger partial charge in [-0.15, -0.1) is 0 Å². The molecule has 1 aromatic heterocycles. The maximum Gasteiger partial charge on any atom is 0.115 e. The zero-order chi connectivity index (χ0) is 10.5. The van der Waals surface area contributed by atoms with Crippen molar-refractivity contribution in [1.82, 2.24) is 15.3 Å². The predicted molar refractivity (Wildman–Crippen MR) is 60.4 cm³/mol. The molecule has 1 aliphatic rings. The molecule has 1 unspecified atom stereocenters. The van der Waals surface area contributed by atoms with Gasteiger partial charge >= 0.3 is 0 Å². The Hall–Kier alpha value is -0.960. The van der Waals surface area contributed by atoms with E-state index in [1.807, 2.05) is 12.3 Å². The zero-order valence-corrected chi connectivity index (χ0v) is 9.32. The van der Waals surface area contributed by atoms with Gasteiger partial charge < -0.3 is 5.32 Å². The molecule has 1 saturated carbocycles. The Kier molecular flexibility index (Phi) is 3.67. The minimum absolute atomic E-state index is 0.431. The van der Waals surface area contributed by atoms with Crippen molar-refractivity contribution in [3.8, 4) is 0 Å². The van der Waals surface area contributed by atoms with Gasteiger partial charge in [-0.3, -0.25) is 0 Å². The van der Waals surface area contributed by atoms with Gasteiger partial charge in [-0.2, -0.15) is 0 Å². The summed E-state index contributed by atoms with van der Waals surface area (Å²) in [4.78, 5) is 8.34. The number of rotatable bonds is 4. The Labute approximate surface area is 91.3 Å². The summed E-state index contributed by atoms with van der Waals surface area (Å²) in [6.45, 7) is 3.16. The molecule has 0 spiro atoms. The first-order valence-electron chi connectivity index (χ1n) is 5.91. The molecule has 0 saturated heterocycles. The molecule has 0 bridgehead atoms. The molecule has 0 amide bonds. The average molecular weight is 205 g/mol. The van der Waals surface area contributed by atoms with Crippen LogP contribution < -0.4 is 5.32 Å². The lowest BCUT2D eigenvalue weighted by atomic mass is 9.95. The lowest BCUT2D eigenvalue weighted by molar-refractivity contribution is 0.367. The van der Waals surface area contributed by atoms with Crippen molar-refractivity contribution >= 4 is 0 Å². The van der Waals surface area contributed by atoms with Crippen LogP contribution in [0.5, 0.6) is 0 Å². The Bertz CT molecular complexity index is 280. The SMILES string of the molecule is CCNC(c1ccncn1)C1CCCC1. The van der Waals surface area contributed by atoms with Crippen LogP contribution in [0.15, 0.2) is 18.6 Å². The Morgan fingerprint density at radius 1 is 1.47 bits per heavy atom. The summed E-state index contributed by atoms with van der Waals surface area (Å²) in [7, 11) is 0. The lowest BCUT2D eigenvalue weighted by Gasteiger charge is -2.23. The predicted octanol–water partition coefficient (Wildman–Crippen LogP) is 2.32. The Balaban J connectivity index is 2.11. The van der Waals surface area contributed by atoms with Gasteiger partial charge in [0.1, 0.15) is 6.33 Å². The van der Waals surface area contributed by atoms with Crippen molar-refractivity contribution in [2.24, 2.45) is 5.92 Å². The molecule has 1 N–H and O–H groups in total. The molecule has 82 valence electrons. The van der Waals surface area contributed by atoms with Crippen LogP contribution in [0.3, 0.4) is 0 Å². The molecule has 15 heavy (non-hydrogen) atoms. The molecule has 0 aromatic carbocycles. The Morgan fingerprint density at radius 2 is 2.27 bits per heavy atom. The van der Waals surface area contributed by atoms with Crippen LogP contribution in [0.2, 0.25) is 0 Å². The molecule has 1 heterocycles. The van der Waals surface area contributed by atoms with Gasteiger partial charge in [-0.1, -0.05) is 19.8 Å². The van der Waals surface area contributed by atoms with Crippen molar-refractivity contribution in [3.63, 3.8) is 0 Å². The molecule has 1 aliphatic carbocycles. The fourth-order valence-electron chi connectivity index (χ4n) is 2.51. The summed E-state index contributed by atoms with van der Waals surface area (Å²) in [5.41, 5.74) is 1.15. The molecule has 2 rings (SSSR count). The summed E-state index contributed by atoms with van der Waals surface area (Å²) >= 11 is 0. The standard InChI is InChI=1S/C12H19N3/c1-2-14-12(10-5-3-4-6-10)11-7-8-13-9-15-11/h7-10,12,14H,2-6H2,1H3. The second-order valence-electron chi connectivity index (χ2n) is 4.21. The summed E-state index contributed by atoms with van der Waals surface area (Å²) in [6.07, 6.45) is 8.90. The summed E-state index contributed by atoms with van der Waals surface area (Å²) in [5, 5.41) is 3.55. The summed E-state index contributed by atoms with van der Waals surface area (Å²) < 4.78 is 0. The normalized spacial score (nSPS) is 19.3. The maximum absolute atomic E-state index is 4.37. The van der Waals surface area contributed by atoms with E-state index >= 15 is 0 Å². The molecule has 1 atom stereocenters. The van der Waals surface area contributed by atoms with E-state index in [1.54, 1.807) is 6.33 Å². The van der Waals surface area contributed by atoms with Gasteiger partial charge in [0.25, 0.3) is 0 Å². The number of aromatic nitrogens is 2. The second-order valence-corrected chi connectivity index (χ2v) is 4.21. The summed E-state index contributed by atoms with van der Waals surface area (Å²) in [5.74, 6) is 0.764. The van der Waals surface area contributed by atoms with E-state index in [0.717, 1.165) is 18.2 Å². The van der Waals surface area contributed by atoms with E-state index < -0.39 is 0 Å². The van der Waals surface area contributed by atoms with Crippen LogP contribution in [0.25, 0.3) is 0 Å². The summed E-state index contributed by atoms with van der Waals surface area (Å²) in [6, 6.07) is 2.46. The molecule has 1 fully saturated rings. The third-order valence-corrected chi connectivity index (χ3v) is 3.22. The lowest BCUT2D eigenvalue weighted by Crippen LogP contribution is -2.27. The van der Waals surface area contributed by atoms with Gasteiger partial charge in [0.15, 0.2) is 0 Å². The molecular formula is C12H19N3. The van der Waals surface area contributed by atoms with E-state index in [2.05, 4.69) is 22.2 Å². The largest absolute Gasteiger partial charge is 0.309 e. The minimum atomic E-state index is 0.431. The van der Waals surface area contributed by atoms with Crippen LogP contribution in [0, 0.1) is 5.92 Å². The molecular weight excluding hydrogens is 186 g/mol. The topological polar surface area (TPSA) is 37.8 Å². The Morgan fingerprint density at radius 3 is 2.87 bits per heavy atom. The van der Waals surface area contributed by atoms with E-state index in [-0.39, 0.29) is 0 Å². The smallest absolute Gasteiger partial charge is 0.115 e. The fraction of sp³-hybridized carbons (Fsp3) is 0.667. The van der Waals surface area contributed by atoms with Crippen LogP contribution in [0.1, 0.15) is 44.3 Å². The number of nitrogens with one attached hydrogen (secondary N) is 1. The minimum Gasteiger partial charge on any atom is -0.309 e. The highest BCUT2D eigenvalue weighted by molar-refractivity contribution is 5.07. The molecule has 3 nitrogen and oxygen atoms in total. The van der Waals surface area contributed by atoms with Crippen molar-refractivity contribution in [3.05, 3.63) is 24.3 Å². The van der Waals surface area contributed by atoms with Crippen molar-refractivity contribution in [1.29, 1.82) is 0 Å². The van der Waals surface area contributed by atoms with Crippen molar-refractivity contribution in [2.45, 2.75) is 38.6 Å². The number of hydrogen-bond donors (Lipinski definition) is 1. The first kappa shape index (κ1) is 10.6. The quantitative estimate of drug-likeness (QED) is 0.819. The van der Waals surface area contributed by atoms with Gasteiger partial charge in [0.2, 0.25) is 0 Å². The van der Waals surface area contributed by atoms with Gasteiger partial charge in [0.05, 0.1) is 11.7 Å². The monoisotopic (exact) mass is 205 g/mol. The zero-order valence-electron chi connectivity index (χ0n) is 9.32.